The van der Waals surface area contributed by atoms with Crippen molar-refractivity contribution in [2.75, 3.05) is 5.32 Å². The summed E-state index contributed by atoms with van der Waals surface area (Å²) in [5, 5.41) is 3.39. The Morgan fingerprint density at radius 1 is 1.10 bits per heavy atom. The first-order chi connectivity index (χ1) is 14.5. The van der Waals surface area contributed by atoms with E-state index < -0.39 is 0 Å². The summed E-state index contributed by atoms with van der Waals surface area (Å²) in [5.74, 6) is 0.304. The number of nitrogens with zero attached hydrogens (tertiary/aromatic N) is 2. The quantitative estimate of drug-likeness (QED) is 0.517. The van der Waals surface area contributed by atoms with Gasteiger partial charge in [-0.05, 0) is 61.0 Å². The molecular weight excluding hydrogens is 402 g/mol. The third-order valence-corrected chi connectivity index (χ3v) is 4.71. The molecule has 2 aromatic heterocycles. The number of hydrogen-bond donors (Lipinski definition) is 1. The number of halogens is 1. The van der Waals surface area contributed by atoms with Crippen LogP contribution >= 0.6 is 11.6 Å². The molecule has 4 aromatic rings. The van der Waals surface area contributed by atoms with E-state index >= 15 is 0 Å². The average molecular weight is 420 g/mol. The summed E-state index contributed by atoms with van der Waals surface area (Å²) < 4.78 is 7.28. The second-order valence-corrected chi connectivity index (χ2v) is 7.23. The Morgan fingerprint density at radius 3 is 2.70 bits per heavy atom. The van der Waals surface area contributed by atoms with E-state index in [-0.39, 0.29) is 18.1 Å². The number of fused-ring (bicyclic) bond motifs is 1. The summed E-state index contributed by atoms with van der Waals surface area (Å²) in [6.45, 7) is 2.08. The number of pyridine rings is 1. The number of hydrogen-bond acceptors (Lipinski definition) is 4. The molecule has 0 aliphatic carbocycles. The summed E-state index contributed by atoms with van der Waals surface area (Å²) >= 11 is 5.86. The Labute approximate surface area is 177 Å². The highest BCUT2D eigenvalue weighted by molar-refractivity contribution is 6.30. The highest BCUT2D eigenvalue weighted by Gasteiger charge is 2.08. The highest BCUT2D eigenvalue weighted by atomic mass is 35.5. The number of carbonyl (C=O) groups is 1. The molecule has 0 saturated carbocycles. The van der Waals surface area contributed by atoms with Gasteiger partial charge in [0.25, 0.3) is 11.5 Å². The molecule has 0 radical (unpaired) electrons. The fraction of sp³-hybridized carbons (Fsp3) is 0.0870. The van der Waals surface area contributed by atoms with Crippen molar-refractivity contribution in [2.24, 2.45) is 0 Å². The Hall–Kier alpha value is -3.64. The number of carbonyl (C=O) groups excluding carboxylic acids is 1. The fourth-order valence-electron chi connectivity index (χ4n) is 2.95. The van der Waals surface area contributed by atoms with Crippen molar-refractivity contribution in [3.05, 3.63) is 105 Å². The van der Waals surface area contributed by atoms with Crippen LogP contribution in [0.15, 0.2) is 77.7 Å². The minimum Gasteiger partial charge on any atom is -0.487 e. The van der Waals surface area contributed by atoms with E-state index in [2.05, 4.69) is 10.3 Å². The summed E-state index contributed by atoms with van der Waals surface area (Å²) in [6, 6.07) is 18.8. The van der Waals surface area contributed by atoms with Gasteiger partial charge in [-0.2, -0.15) is 0 Å². The molecule has 0 atom stereocenters. The van der Waals surface area contributed by atoms with Gasteiger partial charge >= 0.3 is 0 Å². The molecule has 1 N–H and O–H groups in total. The minimum atomic E-state index is -0.247. The molecule has 1 amide bonds. The lowest BCUT2D eigenvalue weighted by atomic mass is 10.2. The van der Waals surface area contributed by atoms with Crippen LogP contribution in [0.2, 0.25) is 5.02 Å². The number of ether oxygens (including phenoxy) is 1. The van der Waals surface area contributed by atoms with Gasteiger partial charge in [0.05, 0.1) is 5.69 Å². The van der Waals surface area contributed by atoms with Gasteiger partial charge in [0.15, 0.2) is 0 Å². The Morgan fingerprint density at radius 2 is 1.90 bits per heavy atom. The summed E-state index contributed by atoms with van der Waals surface area (Å²) in [4.78, 5) is 29.1. The number of anilines is 1. The molecule has 0 bridgehead atoms. The number of benzene rings is 2. The van der Waals surface area contributed by atoms with Crippen molar-refractivity contribution in [2.45, 2.75) is 13.5 Å². The van der Waals surface area contributed by atoms with E-state index in [9.17, 15) is 9.59 Å². The SMILES string of the molecule is Cc1ccn2c(=O)cc(COc3cccc(NC(=O)c4ccc(Cl)cc4)c3)nc2c1. The second kappa shape index (κ2) is 8.39. The van der Waals surface area contributed by atoms with E-state index in [4.69, 9.17) is 16.3 Å². The van der Waals surface area contributed by atoms with Crippen molar-refractivity contribution in [3.63, 3.8) is 0 Å². The van der Waals surface area contributed by atoms with Gasteiger partial charge in [-0.1, -0.05) is 17.7 Å². The van der Waals surface area contributed by atoms with E-state index in [1.54, 1.807) is 54.7 Å². The first kappa shape index (κ1) is 19.7. The molecular formula is C23H18ClN3O3. The van der Waals surface area contributed by atoms with Crippen LogP contribution in [0.1, 0.15) is 21.6 Å². The topological polar surface area (TPSA) is 72.7 Å². The standard InChI is InChI=1S/C23H18ClN3O3/c1-15-9-10-27-21(11-15)25-19(13-22(27)28)14-30-20-4-2-3-18(12-20)26-23(29)16-5-7-17(24)8-6-16/h2-13H,14H2,1H3,(H,26,29). The van der Waals surface area contributed by atoms with Crippen LogP contribution in [0.25, 0.3) is 5.65 Å². The van der Waals surface area contributed by atoms with E-state index in [0.29, 0.717) is 33.4 Å². The smallest absolute Gasteiger partial charge is 0.258 e. The molecule has 0 unspecified atom stereocenters. The Bertz CT molecular complexity index is 1280. The van der Waals surface area contributed by atoms with Gasteiger partial charge in [0.1, 0.15) is 18.0 Å². The molecule has 0 fully saturated rings. The summed E-state index contributed by atoms with van der Waals surface area (Å²) in [7, 11) is 0. The predicted octanol–water partition coefficient (Wildman–Crippen LogP) is 4.49. The summed E-state index contributed by atoms with van der Waals surface area (Å²) in [5.41, 5.74) is 3.05. The van der Waals surface area contributed by atoms with Crippen LogP contribution < -0.4 is 15.6 Å². The van der Waals surface area contributed by atoms with Crippen molar-refractivity contribution < 1.29 is 9.53 Å². The van der Waals surface area contributed by atoms with Crippen molar-refractivity contribution in [1.29, 1.82) is 0 Å². The monoisotopic (exact) mass is 419 g/mol. The number of aryl methyl sites for hydroxylation is 1. The molecule has 2 aromatic carbocycles. The van der Waals surface area contributed by atoms with Gasteiger partial charge in [-0.3, -0.25) is 14.0 Å². The Balaban J connectivity index is 1.47. The van der Waals surface area contributed by atoms with Gasteiger partial charge < -0.3 is 10.1 Å². The predicted molar refractivity (Wildman–Crippen MR) is 116 cm³/mol. The molecule has 4 rings (SSSR count). The van der Waals surface area contributed by atoms with Crippen LogP contribution in [0, 0.1) is 6.92 Å². The zero-order valence-corrected chi connectivity index (χ0v) is 16.9. The van der Waals surface area contributed by atoms with E-state index in [1.807, 2.05) is 19.1 Å². The average Bonchev–Trinajstić information content (AvgIpc) is 2.72. The lowest BCUT2D eigenvalue weighted by Gasteiger charge is -2.10. The third-order valence-electron chi connectivity index (χ3n) is 4.46. The van der Waals surface area contributed by atoms with Crippen LogP contribution in [0.5, 0.6) is 5.75 Å². The van der Waals surface area contributed by atoms with Crippen molar-refractivity contribution in [3.8, 4) is 5.75 Å². The molecule has 7 heteroatoms. The van der Waals surface area contributed by atoms with Crippen LogP contribution in [0.3, 0.4) is 0 Å². The number of aromatic nitrogens is 2. The van der Waals surface area contributed by atoms with E-state index in [1.165, 1.54) is 10.5 Å². The summed E-state index contributed by atoms with van der Waals surface area (Å²) in [6.07, 6.45) is 1.71. The van der Waals surface area contributed by atoms with Gasteiger partial charge in [-0.15, -0.1) is 0 Å². The zero-order valence-electron chi connectivity index (χ0n) is 16.1. The van der Waals surface area contributed by atoms with Crippen LogP contribution in [0.4, 0.5) is 5.69 Å². The molecule has 150 valence electrons. The third kappa shape index (κ3) is 4.50. The van der Waals surface area contributed by atoms with Crippen molar-refractivity contribution >= 4 is 28.8 Å². The molecule has 0 aliphatic heterocycles. The largest absolute Gasteiger partial charge is 0.487 e. The number of amides is 1. The van der Waals surface area contributed by atoms with Gasteiger partial charge in [-0.25, -0.2) is 4.98 Å². The minimum absolute atomic E-state index is 0.133. The first-order valence-corrected chi connectivity index (χ1v) is 9.64. The highest BCUT2D eigenvalue weighted by Crippen LogP contribution is 2.19. The maximum absolute atomic E-state index is 12.4. The molecule has 6 nitrogen and oxygen atoms in total. The number of nitrogens with one attached hydrogen (secondary N) is 1. The van der Waals surface area contributed by atoms with E-state index in [0.717, 1.165) is 5.56 Å². The Kier molecular flexibility index (Phi) is 5.50. The molecule has 0 saturated heterocycles. The maximum atomic E-state index is 12.4. The first-order valence-electron chi connectivity index (χ1n) is 9.27. The lowest BCUT2D eigenvalue weighted by molar-refractivity contribution is 0.102. The van der Waals surface area contributed by atoms with Crippen molar-refractivity contribution in [1.82, 2.24) is 9.38 Å². The van der Waals surface area contributed by atoms with Gasteiger partial charge in [0, 0.05) is 34.6 Å². The molecule has 0 spiro atoms. The van der Waals surface area contributed by atoms with Gasteiger partial charge in [0.2, 0.25) is 0 Å². The molecule has 2 heterocycles. The van der Waals surface area contributed by atoms with Crippen LogP contribution in [-0.2, 0) is 6.61 Å². The lowest BCUT2D eigenvalue weighted by Crippen LogP contribution is -2.16. The molecule has 0 aliphatic rings. The normalized spacial score (nSPS) is 10.7. The molecule has 30 heavy (non-hydrogen) atoms. The number of rotatable bonds is 5. The second-order valence-electron chi connectivity index (χ2n) is 6.80. The van der Waals surface area contributed by atoms with Crippen LogP contribution in [-0.4, -0.2) is 15.3 Å². The zero-order chi connectivity index (χ0) is 21.1. The maximum Gasteiger partial charge on any atom is 0.258 e. The fourth-order valence-corrected chi connectivity index (χ4v) is 3.08.